The maximum absolute atomic E-state index is 13.5. The zero-order valence-electron chi connectivity index (χ0n) is 10.6. The van der Waals surface area contributed by atoms with E-state index >= 15 is 0 Å². The highest BCUT2D eigenvalue weighted by Gasteiger charge is 2.23. The molecule has 0 spiro atoms. The minimum absolute atomic E-state index is 0.0919. The molecule has 5 heteroatoms. The van der Waals surface area contributed by atoms with Crippen LogP contribution in [0.15, 0.2) is 18.2 Å². The quantitative estimate of drug-likeness (QED) is 0.908. The molecule has 1 aromatic carbocycles. The van der Waals surface area contributed by atoms with Crippen molar-refractivity contribution in [2.75, 3.05) is 19.7 Å². The maximum atomic E-state index is 13.5. The summed E-state index contributed by atoms with van der Waals surface area (Å²) in [5.41, 5.74) is 0.0919. The van der Waals surface area contributed by atoms with Crippen LogP contribution in [0.25, 0.3) is 0 Å². The lowest BCUT2D eigenvalue weighted by Crippen LogP contribution is -2.40. The minimum Gasteiger partial charge on any atom is -0.396 e. The van der Waals surface area contributed by atoms with E-state index in [1.807, 2.05) is 0 Å². The molecule has 2 rings (SSSR count). The molecule has 0 unspecified atom stereocenters. The highest BCUT2D eigenvalue weighted by molar-refractivity contribution is 5.78. The molecular weight excluding hydrogens is 252 g/mol. The van der Waals surface area contributed by atoms with Crippen molar-refractivity contribution in [2.45, 2.75) is 19.3 Å². The lowest BCUT2D eigenvalue weighted by molar-refractivity contribution is -0.132. The third-order valence-corrected chi connectivity index (χ3v) is 3.60. The average molecular weight is 269 g/mol. The highest BCUT2D eigenvalue weighted by Crippen LogP contribution is 2.18. The number of carbonyl (C=O) groups is 1. The Bertz CT molecular complexity index is 457. The second-order valence-electron chi connectivity index (χ2n) is 4.90. The van der Waals surface area contributed by atoms with Gasteiger partial charge in [-0.2, -0.15) is 0 Å². The van der Waals surface area contributed by atoms with Crippen molar-refractivity contribution in [1.82, 2.24) is 4.90 Å². The summed E-state index contributed by atoms with van der Waals surface area (Å²) in [4.78, 5) is 13.6. The van der Waals surface area contributed by atoms with Crippen LogP contribution in [0.5, 0.6) is 0 Å². The number of aliphatic hydroxyl groups excluding tert-OH is 1. The third-order valence-electron chi connectivity index (χ3n) is 3.60. The first-order chi connectivity index (χ1) is 9.11. The van der Waals surface area contributed by atoms with Gasteiger partial charge in [-0.15, -0.1) is 0 Å². The van der Waals surface area contributed by atoms with Gasteiger partial charge in [0.25, 0.3) is 0 Å². The zero-order chi connectivity index (χ0) is 13.8. The number of amides is 1. The lowest BCUT2D eigenvalue weighted by Gasteiger charge is -2.31. The van der Waals surface area contributed by atoms with Gasteiger partial charge in [0.1, 0.15) is 0 Å². The van der Waals surface area contributed by atoms with E-state index in [-0.39, 0.29) is 30.4 Å². The van der Waals surface area contributed by atoms with Crippen LogP contribution in [0.2, 0.25) is 0 Å². The SMILES string of the molecule is O=C(Cc1cccc(F)c1F)N1CCC(CO)CC1. The van der Waals surface area contributed by atoms with Crippen molar-refractivity contribution in [3.63, 3.8) is 0 Å². The average Bonchev–Trinajstić information content (AvgIpc) is 2.44. The molecule has 1 heterocycles. The van der Waals surface area contributed by atoms with E-state index < -0.39 is 11.6 Å². The standard InChI is InChI=1S/C14H17F2NO2/c15-12-3-1-2-11(14(12)16)8-13(19)17-6-4-10(9-18)5-7-17/h1-3,10,18H,4-9H2. The van der Waals surface area contributed by atoms with Gasteiger partial charge in [0.2, 0.25) is 5.91 Å². The van der Waals surface area contributed by atoms with Crippen LogP contribution in [0.3, 0.4) is 0 Å². The summed E-state index contributed by atoms with van der Waals surface area (Å²) in [6.07, 6.45) is 1.40. The molecule has 1 aliphatic rings. The molecule has 0 aliphatic carbocycles. The van der Waals surface area contributed by atoms with Crippen molar-refractivity contribution in [2.24, 2.45) is 5.92 Å². The van der Waals surface area contributed by atoms with Gasteiger partial charge >= 0.3 is 0 Å². The molecule has 0 bridgehead atoms. The molecular formula is C14H17F2NO2. The van der Waals surface area contributed by atoms with Crippen molar-refractivity contribution >= 4 is 5.91 Å². The predicted molar refractivity (Wildman–Crippen MR) is 66.5 cm³/mol. The largest absolute Gasteiger partial charge is 0.396 e. The fourth-order valence-electron chi connectivity index (χ4n) is 2.32. The fourth-order valence-corrected chi connectivity index (χ4v) is 2.32. The Morgan fingerprint density at radius 1 is 1.32 bits per heavy atom. The molecule has 1 amide bonds. The highest BCUT2D eigenvalue weighted by atomic mass is 19.2. The molecule has 1 saturated heterocycles. The monoisotopic (exact) mass is 269 g/mol. The van der Waals surface area contributed by atoms with E-state index in [4.69, 9.17) is 5.11 Å². The number of aliphatic hydroxyl groups is 1. The molecule has 1 aliphatic heterocycles. The summed E-state index contributed by atoms with van der Waals surface area (Å²) >= 11 is 0. The van der Waals surface area contributed by atoms with E-state index in [1.165, 1.54) is 12.1 Å². The van der Waals surface area contributed by atoms with E-state index in [0.29, 0.717) is 13.1 Å². The molecule has 0 saturated carbocycles. The van der Waals surface area contributed by atoms with Crippen molar-refractivity contribution in [3.05, 3.63) is 35.4 Å². The van der Waals surface area contributed by atoms with Gasteiger partial charge in [0, 0.05) is 25.3 Å². The summed E-state index contributed by atoms with van der Waals surface area (Å²) in [6.45, 7) is 1.28. The number of likely N-dealkylation sites (tertiary alicyclic amines) is 1. The molecule has 1 aromatic rings. The Kier molecular flexibility index (Phi) is 4.47. The van der Waals surface area contributed by atoms with Gasteiger partial charge in [-0.1, -0.05) is 12.1 Å². The summed E-state index contributed by atoms with van der Waals surface area (Å²) in [5.74, 6) is -1.82. The molecule has 0 atom stereocenters. The van der Waals surface area contributed by atoms with Crippen LogP contribution in [0, 0.1) is 17.6 Å². The predicted octanol–water partition coefficient (Wildman–Crippen LogP) is 1.74. The fraction of sp³-hybridized carbons (Fsp3) is 0.500. The maximum Gasteiger partial charge on any atom is 0.227 e. The van der Waals surface area contributed by atoms with Crippen LogP contribution in [-0.2, 0) is 11.2 Å². The van der Waals surface area contributed by atoms with Crippen LogP contribution in [-0.4, -0.2) is 35.6 Å². The molecule has 1 N–H and O–H groups in total. The van der Waals surface area contributed by atoms with Crippen molar-refractivity contribution in [1.29, 1.82) is 0 Å². The molecule has 3 nitrogen and oxygen atoms in total. The third kappa shape index (κ3) is 3.29. The number of nitrogens with zero attached hydrogens (tertiary/aromatic N) is 1. The van der Waals surface area contributed by atoms with E-state index in [2.05, 4.69) is 0 Å². The molecule has 0 aromatic heterocycles. The van der Waals surface area contributed by atoms with Gasteiger partial charge < -0.3 is 10.0 Å². The number of rotatable bonds is 3. The first-order valence-corrected chi connectivity index (χ1v) is 6.43. The zero-order valence-corrected chi connectivity index (χ0v) is 10.6. The molecule has 19 heavy (non-hydrogen) atoms. The molecule has 104 valence electrons. The normalized spacial score (nSPS) is 16.7. The molecule has 0 radical (unpaired) electrons. The summed E-state index contributed by atoms with van der Waals surface area (Å²) in [7, 11) is 0. The Hall–Kier alpha value is -1.49. The Morgan fingerprint density at radius 2 is 2.00 bits per heavy atom. The molecule has 1 fully saturated rings. The lowest BCUT2D eigenvalue weighted by atomic mass is 9.97. The van der Waals surface area contributed by atoms with Crippen LogP contribution in [0.4, 0.5) is 8.78 Å². The second-order valence-corrected chi connectivity index (χ2v) is 4.90. The van der Waals surface area contributed by atoms with Gasteiger partial charge in [-0.05, 0) is 24.8 Å². The Morgan fingerprint density at radius 3 is 2.63 bits per heavy atom. The van der Waals surface area contributed by atoms with Gasteiger partial charge in [-0.3, -0.25) is 4.79 Å². The number of piperidine rings is 1. The van der Waals surface area contributed by atoms with Gasteiger partial charge in [0.15, 0.2) is 11.6 Å². The van der Waals surface area contributed by atoms with Crippen LogP contribution in [0.1, 0.15) is 18.4 Å². The van der Waals surface area contributed by atoms with Gasteiger partial charge in [-0.25, -0.2) is 8.78 Å². The number of carbonyl (C=O) groups excluding carboxylic acids is 1. The second kappa shape index (κ2) is 6.10. The number of hydrogen-bond acceptors (Lipinski definition) is 2. The Labute approximate surface area is 110 Å². The summed E-state index contributed by atoms with van der Waals surface area (Å²) < 4.78 is 26.5. The minimum atomic E-state index is -0.943. The smallest absolute Gasteiger partial charge is 0.227 e. The first kappa shape index (κ1) is 13.9. The van der Waals surface area contributed by atoms with Crippen molar-refractivity contribution in [3.8, 4) is 0 Å². The number of hydrogen-bond donors (Lipinski definition) is 1. The van der Waals surface area contributed by atoms with Crippen LogP contribution >= 0.6 is 0 Å². The summed E-state index contributed by atoms with van der Waals surface area (Å²) in [6, 6.07) is 3.87. The first-order valence-electron chi connectivity index (χ1n) is 6.43. The van der Waals surface area contributed by atoms with Crippen LogP contribution < -0.4 is 0 Å². The van der Waals surface area contributed by atoms with E-state index in [0.717, 1.165) is 18.9 Å². The van der Waals surface area contributed by atoms with Gasteiger partial charge in [0.05, 0.1) is 6.42 Å². The Balaban J connectivity index is 1.96. The topological polar surface area (TPSA) is 40.5 Å². The van der Waals surface area contributed by atoms with E-state index in [9.17, 15) is 13.6 Å². The van der Waals surface area contributed by atoms with Crippen molar-refractivity contribution < 1.29 is 18.7 Å². The number of halogens is 2. The number of benzene rings is 1. The van der Waals surface area contributed by atoms with E-state index in [1.54, 1.807) is 4.90 Å². The summed E-state index contributed by atoms with van der Waals surface area (Å²) in [5, 5.41) is 9.02.